The van der Waals surface area contributed by atoms with Crippen LogP contribution in [0.3, 0.4) is 0 Å². The van der Waals surface area contributed by atoms with Gasteiger partial charge in [-0.05, 0) is 64.9 Å². The molecule has 2 aromatic heterocycles. The summed E-state index contributed by atoms with van der Waals surface area (Å²) in [5, 5.41) is 4.85. The van der Waals surface area contributed by atoms with Crippen LogP contribution >= 0.6 is 11.3 Å². The third-order valence-electron chi connectivity index (χ3n) is 6.94. The van der Waals surface area contributed by atoms with Gasteiger partial charge in [-0.25, -0.2) is 8.78 Å². The zero-order valence-electron chi connectivity index (χ0n) is 20.2. The molecule has 2 heterocycles. The van der Waals surface area contributed by atoms with Crippen LogP contribution in [0.1, 0.15) is 50.3 Å². The Morgan fingerprint density at radius 2 is 1.65 bits per heavy atom. The fraction of sp³-hybridized carbons (Fsp3) is 0.300. The number of rotatable bonds is 5. The van der Waals surface area contributed by atoms with Crippen LogP contribution in [0.5, 0.6) is 0 Å². The minimum Gasteiger partial charge on any atom is -0.255 e. The monoisotopic (exact) mass is 473 g/mol. The van der Waals surface area contributed by atoms with Crippen molar-refractivity contribution >= 4 is 42.3 Å². The maximum Gasteiger partial charge on any atom is 0.243 e. The molecule has 34 heavy (non-hydrogen) atoms. The van der Waals surface area contributed by atoms with Gasteiger partial charge in [0.15, 0.2) is 0 Å². The van der Waals surface area contributed by atoms with Crippen molar-refractivity contribution in [1.82, 2.24) is 4.98 Å². The number of hydrogen-bond donors (Lipinski definition) is 0. The lowest BCUT2D eigenvalue weighted by Crippen LogP contribution is -2.24. The molecule has 5 aromatic rings. The number of benzene rings is 3. The quantitative estimate of drug-likeness (QED) is 0.248. The van der Waals surface area contributed by atoms with Crippen molar-refractivity contribution in [2.75, 3.05) is 0 Å². The first kappa shape index (κ1) is 22.9. The van der Waals surface area contributed by atoms with Crippen LogP contribution in [0.25, 0.3) is 42.2 Å². The molecule has 0 fully saturated rings. The van der Waals surface area contributed by atoms with E-state index in [4.69, 9.17) is 4.98 Å². The molecule has 4 heteroatoms. The van der Waals surface area contributed by atoms with Gasteiger partial charge >= 0.3 is 0 Å². The van der Waals surface area contributed by atoms with Crippen LogP contribution in [0.15, 0.2) is 60.8 Å². The van der Waals surface area contributed by atoms with Crippen LogP contribution < -0.4 is 0 Å². The third kappa shape index (κ3) is 3.78. The highest BCUT2D eigenvalue weighted by molar-refractivity contribution is 7.26. The normalized spacial score (nSPS) is 12.6. The SMILES string of the molecule is Cc1c(CC(C)(C)C(F)F)ccc2c1sc1c(-c3cc(C(C)C)c4ccccc4c3)nccc12. The standard InChI is InChI=1S/C30H29F2NS/c1-17(2)25-15-21(14-19-8-6-7-9-22(19)25)26-28-24(12-13-33-26)23-11-10-20(18(3)27(23)34-28)16-30(4,5)29(31)32/h6-15,17,29H,16H2,1-5H3. The molecule has 5 rings (SSSR count). The Labute approximate surface area is 203 Å². The summed E-state index contributed by atoms with van der Waals surface area (Å²) in [6.45, 7) is 9.80. The number of nitrogens with zero attached hydrogens (tertiary/aromatic N) is 1. The molecule has 0 saturated carbocycles. The molecule has 0 radical (unpaired) electrons. The number of halogens is 2. The third-order valence-corrected chi connectivity index (χ3v) is 8.29. The molecule has 0 aliphatic carbocycles. The van der Waals surface area contributed by atoms with Crippen molar-refractivity contribution < 1.29 is 8.78 Å². The number of thiophene rings is 1. The Bertz CT molecular complexity index is 1530. The molecule has 0 amide bonds. The summed E-state index contributed by atoms with van der Waals surface area (Å²) >= 11 is 1.73. The molecule has 0 bridgehead atoms. The molecule has 0 N–H and O–H groups in total. The number of pyridine rings is 1. The Balaban J connectivity index is 1.72. The van der Waals surface area contributed by atoms with Gasteiger partial charge in [0.2, 0.25) is 6.43 Å². The molecular weight excluding hydrogens is 444 g/mol. The lowest BCUT2D eigenvalue weighted by Gasteiger charge is -2.24. The summed E-state index contributed by atoms with van der Waals surface area (Å²) < 4.78 is 29.4. The summed E-state index contributed by atoms with van der Waals surface area (Å²) in [4.78, 5) is 4.83. The lowest BCUT2D eigenvalue weighted by molar-refractivity contribution is 0.0199. The number of alkyl halides is 2. The van der Waals surface area contributed by atoms with E-state index in [0.717, 1.165) is 31.8 Å². The fourth-order valence-electron chi connectivity index (χ4n) is 4.86. The van der Waals surface area contributed by atoms with Crippen molar-refractivity contribution in [3.05, 3.63) is 77.5 Å². The second kappa shape index (κ2) is 8.42. The minimum atomic E-state index is -2.36. The average Bonchev–Trinajstić information content (AvgIpc) is 3.19. The summed E-state index contributed by atoms with van der Waals surface area (Å²) in [6.07, 6.45) is -0.116. The Morgan fingerprint density at radius 3 is 2.38 bits per heavy atom. The van der Waals surface area contributed by atoms with Crippen molar-refractivity contribution in [2.24, 2.45) is 5.41 Å². The van der Waals surface area contributed by atoms with E-state index in [1.54, 1.807) is 25.2 Å². The number of fused-ring (bicyclic) bond motifs is 4. The first-order valence-electron chi connectivity index (χ1n) is 11.8. The van der Waals surface area contributed by atoms with E-state index >= 15 is 0 Å². The topological polar surface area (TPSA) is 12.9 Å². The van der Waals surface area contributed by atoms with E-state index < -0.39 is 11.8 Å². The molecule has 0 saturated heterocycles. The van der Waals surface area contributed by atoms with Gasteiger partial charge in [-0.3, -0.25) is 4.98 Å². The first-order valence-corrected chi connectivity index (χ1v) is 12.6. The van der Waals surface area contributed by atoms with E-state index in [-0.39, 0.29) is 0 Å². The molecule has 1 nitrogen and oxygen atoms in total. The second-order valence-corrected chi connectivity index (χ2v) is 11.3. The number of aromatic nitrogens is 1. The second-order valence-electron chi connectivity index (χ2n) is 10.3. The smallest absolute Gasteiger partial charge is 0.243 e. The van der Waals surface area contributed by atoms with Gasteiger partial charge in [0.05, 0.1) is 10.4 Å². The average molecular weight is 474 g/mol. The summed E-state index contributed by atoms with van der Waals surface area (Å²) in [5.41, 5.74) is 4.46. The van der Waals surface area contributed by atoms with Crippen LogP contribution in [0.2, 0.25) is 0 Å². The summed E-state index contributed by atoms with van der Waals surface area (Å²) in [7, 11) is 0. The van der Waals surface area contributed by atoms with E-state index in [1.165, 1.54) is 27.1 Å². The molecule has 0 spiro atoms. The van der Waals surface area contributed by atoms with Crippen molar-refractivity contribution in [3.8, 4) is 11.3 Å². The van der Waals surface area contributed by atoms with Gasteiger partial charge in [0.1, 0.15) is 0 Å². The first-order chi connectivity index (χ1) is 16.2. The Hall–Kier alpha value is -2.85. The van der Waals surface area contributed by atoms with E-state index in [0.29, 0.717) is 12.3 Å². The maximum atomic E-state index is 13.5. The van der Waals surface area contributed by atoms with Gasteiger partial charge in [-0.1, -0.05) is 64.1 Å². The van der Waals surface area contributed by atoms with Gasteiger partial charge in [0, 0.05) is 32.6 Å². The molecule has 3 aromatic carbocycles. The Morgan fingerprint density at radius 1 is 0.912 bits per heavy atom. The molecule has 0 aliphatic heterocycles. The molecule has 0 atom stereocenters. The van der Waals surface area contributed by atoms with Crippen molar-refractivity contribution in [3.63, 3.8) is 0 Å². The van der Waals surface area contributed by atoms with E-state index in [2.05, 4.69) is 69.3 Å². The van der Waals surface area contributed by atoms with Crippen LogP contribution in [0, 0.1) is 12.3 Å². The lowest BCUT2D eigenvalue weighted by atomic mass is 9.84. The van der Waals surface area contributed by atoms with E-state index in [1.807, 2.05) is 12.3 Å². The van der Waals surface area contributed by atoms with Crippen molar-refractivity contribution in [2.45, 2.75) is 53.4 Å². The maximum absolute atomic E-state index is 13.5. The highest BCUT2D eigenvalue weighted by atomic mass is 32.1. The van der Waals surface area contributed by atoms with Gasteiger partial charge in [-0.15, -0.1) is 11.3 Å². The van der Waals surface area contributed by atoms with Crippen LogP contribution in [0.4, 0.5) is 8.78 Å². The predicted molar refractivity (Wildman–Crippen MR) is 142 cm³/mol. The molecule has 174 valence electrons. The molecule has 0 aliphatic rings. The zero-order chi connectivity index (χ0) is 24.2. The van der Waals surface area contributed by atoms with E-state index in [9.17, 15) is 8.78 Å². The zero-order valence-corrected chi connectivity index (χ0v) is 21.1. The number of hydrogen-bond acceptors (Lipinski definition) is 2. The number of aryl methyl sites for hydroxylation is 1. The highest BCUT2D eigenvalue weighted by Crippen LogP contribution is 2.43. The van der Waals surface area contributed by atoms with Crippen molar-refractivity contribution in [1.29, 1.82) is 0 Å². The van der Waals surface area contributed by atoms with Gasteiger partial charge in [0.25, 0.3) is 0 Å². The predicted octanol–water partition coefficient (Wildman–Crippen LogP) is 9.54. The van der Waals surface area contributed by atoms with Crippen LogP contribution in [-0.2, 0) is 6.42 Å². The largest absolute Gasteiger partial charge is 0.255 e. The minimum absolute atomic E-state index is 0.355. The van der Waals surface area contributed by atoms with Crippen LogP contribution in [-0.4, -0.2) is 11.4 Å². The fourth-order valence-corrected chi connectivity index (χ4v) is 6.19. The van der Waals surface area contributed by atoms with Gasteiger partial charge in [-0.2, -0.15) is 0 Å². The summed E-state index contributed by atoms with van der Waals surface area (Å²) in [6, 6.07) is 19.2. The Kier molecular flexibility index (Phi) is 5.68. The highest BCUT2D eigenvalue weighted by Gasteiger charge is 2.30. The molecule has 0 unspecified atom stereocenters. The van der Waals surface area contributed by atoms with Gasteiger partial charge < -0.3 is 0 Å². The summed E-state index contributed by atoms with van der Waals surface area (Å²) in [5.74, 6) is 0.398. The molecular formula is C30H29F2NS.